The maximum absolute atomic E-state index is 16.0. The number of hydrogen-bond acceptors (Lipinski definition) is 9. The van der Waals surface area contributed by atoms with E-state index in [0.29, 0.717) is 33.0 Å². The lowest BCUT2D eigenvalue weighted by molar-refractivity contribution is 0.589. The predicted octanol–water partition coefficient (Wildman–Crippen LogP) is 4.67. The fourth-order valence-electron chi connectivity index (χ4n) is 4.34. The van der Waals surface area contributed by atoms with Crippen LogP contribution in [-0.4, -0.2) is 38.7 Å². The Balaban J connectivity index is 1.42. The molecule has 0 amide bonds. The first kappa shape index (κ1) is 24.2. The molecule has 1 atom stereocenters. The first-order chi connectivity index (χ1) is 18.2. The van der Waals surface area contributed by atoms with Gasteiger partial charge in [0.05, 0.1) is 28.0 Å². The Morgan fingerprint density at radius 3 is 2.71 bits per heavy atom. The van der Waals surface area contributed by atoms with Gasteiger partial charge >= 0.3 is 0 Å². The van der Waals surface area contributed by atoms with Crippen molar-refractivity contribution in [3.63, 3.8) is 0 Å². The van der Waals surface area contributed by atoms with E-state index < -0.39 is 27.3 Å². The number of hydrogen-bond donors (Lipinski definition) is 3. The van der Waals surface area contributed by atoms with Gasteiger partial charge in [-0.2, -0.15) is 0 Å². The second-order valence-corrected chi connectivity index (χ2v) is 11.3. The third kappa shape index (κ3) is 4.02. The van der Waals surface area contributed by atoms with Gasteiger partial charge in [-0.15, -0.1) is 0 Å². The number of sulfonamides is 1. The summed E-state index contributed by atoms with van der Waals surface area (Å²) in [6, 6.07) is 10.3. The Labute approximate surface area is 219 Å². The molecule has 0 radical (unpaired) electrons. The molecule has 0 bridgehead atoms. The van der Waals surface area contributed by atoms with Crippen molar-refractivity contribution < 1.29 is 17.2 Å². The van der Waals surface area contributed by atoms with Crippen molar-refractivity contribution in [2.75, 3.05) is 10.2 Å². The molecule has 4 N–H and O–H groups in total. The van der Waals surface area contributed by atoms with Crippen molar-refractivity contribution in [1.29, 1.82) is 0 Å². The minimum atomic E-state index is -3.90. The molecular formula is C24H18F2N8O2S2. The molecule has 38 heavy (non-hydrogen) atoms. The Hall–Kier alpha value is -4.14. The van der Waals surface area contributed by atoms with Crippen LogP contribution in [0.4, 0.5) is 31.7 Å². The molecule has 0 fully saturated rings. The van der Waals surface area contributed by atoms with E-state index in [1.165, 1.54) is 48.8 Å². The smallest absolute Gasteiger partial charge is 0.238 e. The number of H-pyrrole nitrogens is 1. The zero-order valence-electron chi connectivity index (χ0n) is 19.6. The number of nitrogens with one attached hydrogen (secondary N) is 2. The second-order valence-electron chi connectivity index (χ2n) is 8.36. The summed E-state index contributed by atoms with van der Waals surface area (Å²) in [4.78, 5) is 22.2. The zero-order chi connectivity index (χ0) is 26.6. The maximum Gasteiger partial charge on any atom is 0.238 e. The third-order valence-electron chi connectivity index (χ3n) is 6.03. The SMILES string of the molecule is CC1Sc2cc(S(N)(=O)=O)ccc2N1c1ccc(F)c(Nc2ncccc2-c2ncnc3[nH]cnc23)c1F. The van der Waals surface area contributed by atoms with Crippen LogP contribution in [0.25, 0.3) is 22.4 Å². The minimum Gasteiger partial charge on any atom is -0.335 e. The van der Waals surface area contributed by atoms with Gasteiger partial charge in [0.2, 0.25) is 10.0 Å². The highest BCUT2D eigenvalue weighted by Gasteiger charge is 2.32. The van der Waals surface area contributed by atoms with E-state index in [9.17, 15) is 8.42 Å². The molecule has 1 aliphatic heterocycles. The number of imidazole rings is 1. The van der Waals surface area contributed by atoms with Gasteiger partial charge in [0.25, 0.3) is 0 Å². The normalized spacial score (nSPS) is 15.2. The molecule has 6 rings (SSSR count). The van der Waals surface area contributed by atoms with Gasteiger partial charge in [0.15, 0.2) is 11.5 Å². The summed E-state index contributed by atoms with van der Waals surface area (Å²) in [5.74, 6) is -1.49. The van der Waals surface area contributed by atoms with Crippen LogP contribution >= 0.6 is 11.8 Å². The maximum atomic E-state index is 16.0. The Morgan fingerprint density at radius 1 is 1.08 bits per heavy atom. The Kier molecular flexibility index (Phi) is 5.74. The highest BCUT2D eigenvalue weighted by atomic mass is 32.2. The van der Waals surface area contributed by atoms with Crippen LogP contribution in [0.15, 0.2) is 71.1 Å². The zero-order valence-corrected chi connectivity index (χ0v) is 21.2. The van der Waals surface area contributed by atoms with E-state index in [4.69, 9.17) is 5.14 Å². The molecule has 5 aromatic rings. The van der Waals surface area contributed by atoms with Crippen molar-refractivity contribution in [2.45, 2.75) is 22.1 Å². The number of aromatic nitrogens is 5. The van der Waals surface area contributed by atoms with Crippen LogP contribution in [0.3, 0.4) is 0 Å². The highest BCUT2D eigenvalue weighted by Crippen LogP contribution is 2.49. The van der Waals surface area contributed by atoms with Crippen LogP contribution in [0.5, 0.6) is 0 Å². The van der Waals surface area contributed by atoms with Crippen molar-refractivity contribution in [1.82, 2.24) is 24.9 Å². The number of rotatable bonds is 5. The van der Waals surface area contributed by atoms with E-state index in [2.05, 4.69) is 30.2 Å². The van der Waals surface area contributed by atoms with E-state index >= 15 is 8.78 Å². The first-order valence-corrected chi connectivity index (χ1v) is 13.6. The number of pyridine rings is 1. The predicted molar refractivity (Wildman–Crippen MR) is 140 cm³/mol. The highest BCUT2D eigenvalue weighted by molar-refractivity contribution is 8.00. The molecule has 10 nitrogen and oxygen atoms in total. The standard InChI is InChI=1S/C24H18F2N8O2S2/c1-12-34(16-6-4-13(38(27,35)36)9-18(16)37-12)17-7-5-15(25)21(19(17)26)33-23-14(3-2-8-28-23)20-22-24(31-10-29-20)32-11-30-22/h2-12H,1H3,(H,28,33)(H2,27,35,36)(H,29,30,31,32). The Morgan fingerprint density at radius 2 is 1.89 bits per heavy atom. The number of fused-ring (bicyclic) bond motifs is 2. The number of anilines is 4. The monoisotopic (exact) mass is 552 g/mol. The summed E-state index contributed by atoms with van der Waals surface area (Å²) in [5, 5.41) is 7.76. The molecule has 192 valence electrons. The fourth-order valence-corrected chi connectivity index (χ4v) is 6.14. The number of nitrogens with two attached hydrogens (primary N) is 1. The molecule has 3 aromatic heterocycles. The van der Waals surface area contributed by atoms with Gasteiger partial charge in [0, 0.05) is 16.7 Å². The topological polar surface area (TPSA) is 143 Å². The summed E-state index contributed by atoms with van der Waals surface area (Å²) in [5.41, 5.74) is 2.18. The largest absolute Gasteiger partial charge is 0.335 e. The van der Waals surface area contributed by atoms with E-state index in [1.807, 2.05) is 6.92 Å². The molecule has 2 aromatic carbocycles. The van der Waals surface area contributed by atoms with E-state index in [-0.39, 0.29) is 21.8 Å². The van der Waals surface area contributed by atoms with Gasteiger partial charge in [-0.1, -0.05) is 11.8 Å². The van der Waals surface area contributed by atoms with Gasteiger partial charge in [-0.05, 0) is 49.4 Å². The van der Waals surface area contributed by atoms with Crippen LogP contribution in [-0.2, 0) is 10.0 Å². The summed E-state index contributed by atoms with van der Waals surface area (Å²) in [6.07, 6.45) is 4.33. The second kappa shape index (κ2) is 9.01. The summed E-state index contributed by atoms with van der Waals surface area (Å²) >= 11 is 1.34. The van der Waals surface area contributed by atoms with Gasteiger partial charge < -0.3 is 15.2 Å². The summed E-state index contributed by atoms with van der Waals surface area (Å²) in [6.45, 7) is 1.83. The van der Waals surface area contributed by atoms with Crippen molar-refractivity contribution in [2.24, 2.45) is 5.14 Å². The molecule has 0 aliphatic carbocycles. The Bertz CT molecular complexity index is 1830. The van der Waals surface area contributed by atoms with Crippen LogP contribution in [0.2, 0.25) is 0 Å². The summed E-state index contributed by atoms with van der Waals surface area (Å²) in [7, 11) is -3.90. The molecule has 0 saturated heterocycles. The number of nitrogens with zero attached hydrogens (tertiary/aromatic N) is 5. The number of halogens is 2. The lowest BCUT2D eigenvalue weighted by Gasteiger charge is -2.25. The number of thioether (sulfide) groups is 1. The number of primary sulfonamides is 1. The molecule has 0 saturated carbocycles. The van der Waals surface area contributed by atoms with Gasteiger partial charge in [-0.25, -0.2) is 42.3 Å². The van der Waals surface area contributed by atoms with Crippen LogP contribution < -0.4 is 15.4 Å². The van der Waals surface area contributed by atoms with E-state index in [1.54, 1.807) is 23.1 Å². The number of benzene rings is 2. The summed E-state index contributed by atoms with van der Waals surface area (Å²) < 4.78 is 54.6. The van der Waals surface area contributed by atoms with Crippen molar-refractivity contribution >= 4 is 55.8 Å². The molecule has 14 heteroatoms. The van der Waals surface area contributed by atoms with E-state index in [0.717, 1.165) is 6.07 Å². The number of aromatic amines is 1. The van der Waals surface area contributed by atoms with Crippen molar-refractivity contribution in [3.05, 3.63) is 73.0 Å². The lowest BCUT2D eigenvalue weighted by Crippen LogP contribution is -2.22. The molecular weight excluding hydrogens is 534 g/mol. The van der Waals surface area contributed by atoms with Gasteiger partial charge in [-0.3, -0.25) is 0 Å². The minimum absolute atomic E-state index is 0.0434. The molecule has 1 unspecified atom stereocenters. The fraction of sp³-hybridized carbons (Fsp3) is 0.0833. The molecule has 4 heterocycles. The average molecular weight is 553 g/mol. The third-order valence-corrected chi connectivity index (χ3v) is 8.08. The van der Waals surface area contributed by atoms with Crippen molar-refractivity contribution in [3.8, 4) is 11.3 Å². The van der Waals surface area contributed by atoms with Gasteiger partial charge in [0.1, 0.15) is 34.9 Å². The molecule has 0 spiro atoms. The van der Waals surface area contributed by atoms with Crippen LogP contribution in [0, 0.1) is 11.6 Å². The molecule has 1 aliphatic rings. The quantitative estimate of drug-likeness (QED) is 0.283. The van der Waals surface area contributed by atoms with Crippen LogP contribution in [0.1, 0.15) is 6.92 Å². The average Bonchev–Trinajstić information content (AvgIpc) is 3.50. The lowest BCUT2D eigenvalue weighted by atomic mass is 10.1. The first-order valence-electron chi connectivity index (χ1n) is 11.2.